The Hall–Kier alpha value is -2.46. The number of imidazole rings is 1. The van der Waals surface area contributed by atoms with Crippen molar-refractivity contribution in [1.82, 2.24) is 9.55 Å². The molecule has 9 nitrogen and oxygen atoms in total. The summed E-state index contributed by atoms with van der Waals surface area (Å²) in [6.07, 6.45) is 1.38. The van der Waals surface area contributed by atoms with Crippen LogP contribution in [0.5, 0.6) is 0 Å². The lowest BCUT2D eigenvalue weighted by atomic mass is 10.2. The van der Waals surface area contributed by atoms with Crippen molar-refractivity contribution in [2.75, 3.05) is 6.61 Å². The van der Waals surface area contributed by atoms with Crippen LogP contribution < -0.4 is 0 Å². The number of benzene rings is 1. The van der Waals surface area contributed by atoms with E-state index in [0.717, 1.165) is 0 Å². The lowest BCUT2D eigenvalue weighted by molar-refractivity contribution is -0.389. The van der Waals surface area contributed by atoms with Crippen LogP contribution in [0.4, 0.5) is 11.5 Å². The number of hydrogen-bond donors (Lipinski definition) is 0. The Morgan fingerprint density at radius 2 is 1.96 bits per heavy atom. The number of nitrogens with zero attached hydrogens (tertiary/aromatic N) is 4. The van der Waals surface area contributed by atoms with Gasteiger partial charge < -0.3 is 14.9 Å². The smallest absolute Gasteiger partial charge is 0.368 e. The van der Waals surface area contributed by atoms with Gasteiger partial charge in [-0.1, -0.05) is 0 Å². The van der Waals surface area contributed by atoms with Gasteiger partial charge in [-0.05, 0) is 40.7 Å². The largest absolute Gasteiger partial charge is 0.382 e. The van der Waals surface area contributed by atoms with Gasteiger partial charge in [0, 0.05) is 17.0 Å². The highest BCUT2D eigenvalue weighted by Gasteiger charge is 2.41. The molecule has 1 aromatic heterocycles. The zero-order valence-corrected chi connectivity index (χ0v) is 12.9. The second kappa shape index (κ2) is 5.63. The number of hydrogen-bond acceptors (Lipinski definition) is 7. The molecule has 23 heavy (non-hydrogen) atoms. The molecule has 2 aromatic rings. The number of non-ortho nitro benzene ring substituents is 1. The van der Waals surface area contributed by atoms with Crippen molar-refractivity contribution < 1.29 is 14.6 Å². The van der Waals surface area contributed by atoms with Crippen molar-refractivity contribution in [3.63, 3.8) is 0 Å². The third-order valence-electron chi connectivity index (χ3n) is 3.31. The average molecular weight is 336 g/mol. The number of ether oxygens (including phenoxy) is 1. The van der Waals surface area contributed by atoms with Gasteiger partial charge in [-0.2, -0.15) is 0 Å². The summed E-state index contributed by atoms with van der Waals surface area (Å²) in [4.78, 5) is 25.3. The van der Waals surface area contributed by atoms with Gasteiger partial charge in [-0.15, -0.1) is 0 Å². The van der Waals surface area contributed by atoms with Crippen LogP contribution in [0.25, 0.3) is 0 Å². The summed E-state index contributed by atoms with van der Waals surface area (Å²) in [7, 11) is 0. The van der Waals surface area contributed by atoms with E-state index in [1.807, 2.05) is 6.92 Å². The molecule has 0 bridgehead atoms. The molecule has 1 aliphatic heterocycles. The summed E-state index contributed by atoms with van der Waals surface area (Å²) in [6.45, 7) is 2.98. The molecule has 2 heterocycles. The van der Waals surface area contributed by atoms with Crippen LogP contribution in [0.2, 0.25) is 0 Å². The Balaban J connectivity index is 1.85. The fraction of sp³-hybridized carbons (Fsp3) is 0.308. The predicted octanol–water partition coefficient (Wildman–Crippen LogP) is 2.64. The molecule has 1 aromatic carbocycles. The summed E-state index contributed by atoms with van der Waals surface area (Å²) in [5.41, 5.74) is -0.332. The Morgan fingerprint density at radius 1 is 1.30 bits per heavy atom. The number of epoxide rings is 1. The molecular weight excluding hydrogens is 324 g/mol. The van der Waals surface area contributed by atoms with E-state index < -0.39 is 9.85 Å². The van der Waals surface area contributed by atoms with Crippen molar-refractivity contribution in [3.8, 4) is 0 Å². The van der Waals surface area contributed by atoms with E-state index in [2.05, 4.69) is 4.98 Å². The number of nitro groups is 2. The van der Waals surface area contributed by atoms with Gasteiger partial charge in [0.15, 0.2) is 0 Å². The lowest BCUT2D eigenvalue weighted by Crippen LogP contribution is -2.15. The summed E-state index contributed by atoms with van der Waals surface area (Å²) in [6, 6.07) is 5.94. The van der Waals surface area contributed by atoms with Crippen LogP contribution in [0.1, 0.15) is 6.92 Å². The van der Waals surface area contributed by atoms with Gasteiger partial charge in [-0.25, -0.2) is 0 Å². The summed E-state index contributed by atoms with van der Waals surface area (Å²) < 4.78 is 6.99. The minimum atomic E-state index is -0.549. The standard InChI is InChI=1S/C13H12N4O5S/c1-13(8-22-13)7-15-6-11(17(20)21)14-12(15)23-10-4-2-9(3-5-10)16(18)19/h2-6H,7-8H2,1H3. The van der Waals surface area contributed by atoms with Crippen molar-refractivity contribution in [1.29, 1.82) is 0 Å². The van der Waals surface area contributed by atoms with E-state index in [-0.39, 0.29) is 17.1 Å². The monoisotopic (exact) mass is 336 g/mol. The molecule has 120 valence electrons. The quantitative estimate of drug-likeness (QED) is 0.452. The maximum atomic E-state index is 10.9. The lowest BCUT2D eigenvalue weighted by Gasteiger charge is -2.07. The molecule has 10 heteroatoms. The van der Waals surface area contributed by atoms with E-state index in [9.17, 15) is 20.2 Å². The SMILES string of the molecule is CC1(Cn2cc([N+](=O)[O-])nc2Sc2ccc([N+](=O)[O-])cc2)CO1. The van der Waals surface area contributed by atoms with E-state index in [4.69, 9.17) is 4.74 Å². The Kier molecular flexibility index (Phi) is 3.78. The third kappa shape index (κ3) is 3.48. The van der Waals surface area contributed by atoms with Crippen molar-refractivity contribution in [2.45, 2.75) is 29.1 Å². The first kappa shape index (κ1) is 15.4. The molecule has 0 N–H and O–H groups in total. The fourth-order valence-corrected chi connectivity index (χ4v) is 2.84. The van der Waals surface area contributed by atoms with Crippen molar-refractivity contribution in [2.24, 2.45) is 0 Å². The third-order valence-corrected chi connectivity index (χ3v) is 4.33. The first-order chi connectivity index (χ1) is 10.9. The van der Waals surface area contributed by atoms with Crippen LogP contribution in [0.3, 0.4) is 0 Å². The van der Waals surface area contributed by atoms with Crippen molar-refractivity contribution in [3.05, 3.63) is 50.7 Å². The van der Waals surface area contributed by atoms with E-state index in [1.54, 1.807) is 16.7 Å². The highest BCUT2D eigenvalue weighted by Crippen LogP contribution is 2.34. The topological polar surface area (TPSA) is 117 Å². The molecule has 1 fully saturated rings. The van der Waals surface area contributed by atoms with E-state index >= 15 is 0 Å². The highest BCUT2D eigenvalue weighted by molar-refractivity contribution is 7.99. The minimum Gasteiger partial charge on any atom is -0.368 e. The van der Waals surface area contributed by atoms with Crippen LogP contribution >= 0.6 is 11.8 Å². The molecule has 0 amide bonds. The molecular formula is C13H12N4O5S. The van der Waals surface area contributed by atoms with Gasteiger partial charge in [0.05, 0.1) is 18.1 Å². The molecule has 1 aliphatic rings. The molecule has 0 saturated carbocycles. The zero-order valence-electron chi connectivity index (χ0n) is 12.0. The van der Waals surface area contributed by atoms with Gasteiger partial charge in [0.1, 0.15) is 11.8 Å². The minimum absolute atomic E-state index is 0.0115. The first-order valence-electron chi connectivity index (χ1n) is 6.64. The number of rotatable bonds is 6. The number of nitro benzene ring substituents is 1. The predicted molar refractivity (Wildman–Crippen MR) is 80.5 cm³/mol. The van der Waals surface area contributed by atoms with Crippen molar-refractivity contribution >= 4 is 23.3 Å². The second-order valence-corrected chi connectivity index (χ2v) is 6.40. The molecule has 1 unspecified atom stereocenters. The Bertz CT molecular complexity index is 769. The molecule has 0 aliphatic carbocycles. The van der Waals surface area contributed by atoms with Gasteiger partial charge in [0.25, 0.3) is 10.8 Å². The van der Waals surface area contributed by atoms with Crippen LogP contribution in [0.15, 0.2) is 40.5 Å². The average Bonchev–Trinajstić information content (AvgIpc) is 3.09. The maximum Gasteiger partial charge on any atom is 0.382 e. The number of aromatic nitrogens is 2. The zero-order chi connectivity index (χ0) is 16.6. The fourth-order valence-electron chi connectivity index (χ4n) is 1.98. The van der Waals surface area contributed by atoms with E-state index in [1.165, 1.54) is 30.1 Å². The van der Waals surface area contributed by atoms with Crippen LogP contribution in [-0.2, 0) is 11.3 Å². The van der Waals surface area contributed by atoms with Crippen LogP contribution in [0, 0.1) is 20.2 Å². The van der Waals surface area contributed by atoms with Gasteiger partial charge in [-0.3, -0.25) is 14.7 Å². The molecule has 0 radical (unpaired) electrons. The molecule has 3 rings (SSSR count). The highest BCUT2D eigenvalue weighted by atomic mass is 32.2. The molecule has 0 spiro atoms. The van der Waals surface area contributed by atoms with E-state index in [0.29, 0.717) is 23.2 Å². The molecule has 1 atom stereocenters. The second-order valence-electron chi connectivity index (χ2n) is 5.36. The molecule has 1 saturated heterocycles. The van der Waals surface area contributed by atoms with Gasteiger partial charge in [0.2, 0.25) is 0 Å². The Labute approximate surface area is 134 Å². The normalized spacial score (nSPS) is 19.5. The van der Waals surface area contributed by atoms with Gasteiger partial charge >= 0.3 is 5.82 Å². The summed E-state index contributed by atoms with van der Waals surface area (Å²) >= 11 is 1.21. The summed E-state index contributed by atoms with van der Waals surface area (Å²) in [5, 5.41) is 22.0. The first-order valence-corrected chi connectivity index (χ1v) is 7.46. The Morgan fingerprint density at radius 3 is 2.48 bits per heavy atom. The van der Waals surface area contributed by atoms with Crippen LogP contribution in [-0.4, -0.2) is 31.6 Å². The maximum absolute atomic E-state index is 10.9. The summed E-state index contributed by atoms with van der Waals surface area (Å²) in [5.74, 6) is -0.237.